The molecule has 0 radical (unpaired) electrons. The quantitative estimate of drug-likeness (QED) is 0.802. The smallest absolute Gasteiger partial charge is 0.231 e. The molecule has 0 fully saturated rings. The molecular weight excluding hydrogens is 230 g/mol. The van der Waals surface area contributed by atoms with Crippen molar-refractivity contribution in [3.63, 3.8) is 0 Å². The van der Waals surface area contributed by atoms with Crippen molar-refractivity contribution >= 4 is 11.6 Å². The minimum absolute atomic E-state index is 0.199. The van der Waals surface area contributed by atoms with Gasteiger partial charge in [0.25, 0.3) is 0 Å². The van der Waals surface area contributed by atoms with E-state index in [1.54, 1.807) is 6.07 Å². The third-order valence-electron chi connectivity index (χ3n) is 2.57. The zero-order valence-corrected chi connectivity index (χ0v) is 9.97. The number of hydrogen-bond acceptors (Lipinski definition) is 4. The van der Waals surface area contributed by atoms with E-state index in [0.717, 1.165) is 11.1 Å². The summed E-state index contributed by atoms with van der Waals surface area (Å²) in [5.74, 6) is 1.58. The normalized spacial score (nSPS) is 13.6. The molecule has 0 bridgehead atoms. The average Bonchev–Trinajstić information content (AvgIpc) is 2.66. The fourth-order valence-corrected chi connectivity index (χ4v) is 2.23. The summed E-state index contributed by atoms with van der Waals surface area (Å²) in [6, 6.07) is 1.80. The van der Waals surface area contributed by atoms with Gasteiger partial charge >= 0.3 is 0 Å². The Balaban J connectivity index is 2.57. The third-order valence-corrected chi connectivity index (χ3v) is 2.85. The van der Waals surface area contributed by atoms with Gasteiger partial charge in [0.2, 0.25) is 6.79 Å². The van der Waals surface area contributed by atoms with Gasteiger partial charge in [-0.2, -0.15) is 0 Å². The summed E-state index contributed by atoms with van der Waals surface area (Å²) in [6.07, 6.45) is 0. The van der Waals surface area contributed by atoms with Gasteiger partial charge in [-0.3, -0.25) is 0 Å². The summed E-state index contributed by atoms with van der Waals surface area (Å²) < 4.78 is 10.8. The Morgan fingerprint density at radius 1 is 1.44 bits per heavy atom. The number of fused-ring (bicyclic) bond motifs is 1. The zero-order chi connectivity index (χ0) is 11.7. The van der Waals surface area contributed by atoms with Crippen LogP contribution in [0.25, 0.3) is 0 Å². The molecule has 5 heteroatoms. The van der Waals surface area contributed by atoms with E-state index in [1.807, 2.05) is 0 Å². The summed E-state index contributed by atoms with van der Waals surface area (Å²) in [4.78, 5) is 0. The number of rotatable bonds is 3. The van der Waals surface area contributed by atoms with Crippen LogP contribution in [-0.2, 0) is 6.54 Å². The Morgan fingerprint density at radius 2 is 2.12 bits per heavy atom. The average molecular weight is 244 g/mol. The monoisotopic (exact) mass is 243 g/mol. The SMILES string of the molecule is CC(C)c1c(CNO)cc(Cl)c2c1OCO2. The maximum Gasteiger partial charge on any atom is 0.231 e. The van der Waals surface area contributed by atoms with Gasteiger partial charge in [0.1, 0.15) is 0 Å². The molecule has 0 unspecified atom stereocenters. The van der Waals surface area contributed by atoms with Crippen LogP contribution in [0.3, 0.4) is 0 Å². The lowest BCUT2D eigenvalue weighted by molar-refractivity contribution is 0.160. The molecule has 0 spiro atoms. The first kappa shape index (κ1) is 11.5. The fraction of sp³-hybridized carbons (Fsp3) is 0.455. The van der Waals surface area contributed by atoms with Crippen molar-refractivity contribution in [2.45, 2.75) is 26.3 Å². The highest BCUT2D eigenvalue weighted by molar-refractivity contribution is 6.32. The summed E-state index contributed by atoms with van der Waals surface area (Å²) >= 11 is 6.07. The maximum absolute atomic E-state index is 8.80. The van der Waals surface area contributed by atoms with Crippen molar-refractivity contribution in [2.75, 3.05) is 6.79 Å². The van der Waals surface area contributed by atoms with Gasteiger partial charge in [0, 0.05) is 12.1 Å². The standard InChI is InChI=1S/C11H14ClNO3/c1-6(2)9-7(4-13-14)3-8(12)10-11(9)16-5-15-10/h3,6,13-14H,4-5H2,1-2H3. The highest BCUT2D eigenvalue weighted by Gasteiger charge is 2.25. The molecule has 2 N–H and O–H groups in total. The number of hydrogen-bond donors (Lipinski definition) is 2. The number of ether oxygens (including phenoxy) is 2. The Bertz CT molecular complexity index is 407. The fourth-order valence-electron chi connectivity index (χ4n) is 1.96. The molecule has 16 heavy (non-hydrogen) atoms. The number of benzene rings is 1. The summed E-state index contributed by atoms with van der Waals surface area (Å²) in [5, 5.41) is 9.32. The lowest BCUT2D eigenvalue weighted by Gasteiger charge is -2.15. The van der Waals surface area contributed by atoms with Crippen LogP contribution in [0.2, 0.25) is 5.02 Å². The van der Waals surface area contributed by atoms with Gasteiger partial charge in [0.05, 0.1) is 5.02 Å². The molecule has 0 saturated carbocycles. The molecular formula is C11H14ClNO3. The molecule has 1 aliphatic heterocycles. The van der Waals surface area contributed by atoms with Gasteiger partial charge in [-0.25, -0.2) is 5.48 Å². The van der Waals surface area contributed by atoms with E-state index >= 15 is 0 Å². The Kier molecular flexibility index (Phi) is 3.23. The molecule has 2 rings (SSSR count). The predicted molar refractivity (Wildman–Crippen MR) is 60.3 cm³/mol. The Morgan fingerprint density at radius 3 is 2.75 bits per heavy atom. The first-order valence-electron chi connectivity index (χ1n) is 5.13. The van der Waals surface area contributed by atoms with Crippen molar-refractivity contribution in [3.05, 3.63) is 22.2 Å². The molecule has 0 amide bonds. The number of halogens is 1. The number of nitrogens with one attached hydrogen (secondary N) is 1. The van der Waals surface area contributed by atoms with Gasteiger partial charge in [-0.05, 0) is 17.5 Å². The van der Waals surface area contributed by atoms with Crippen LogP contribution in [0.4, 0.5) is 0 Å². The van der Waals surface area contributed by atoms with E-state index in [4.69, 9.17) is 26.3 Å². The summed E-state index contributed by atoms with van der Waals surface area (Å²) in [6.45, 7) is 4.66. The second kappa shape index (κ2) is 4.49. The summed E-state index contributed by atoms with van der Waals surface area (Å²) in [7, 11) is 0. The first-order valence-corrected chi connectivity index (χ1v) is 5.50. The molecule has 1 aliphatic rings. The van der Waals surface area contributed by atoms with Gasteiger partial charge in [-0.1, -0.05) is 25.4 Å². The van der Waals surface area contributed by atoms with E-state index in [1.165, 1.54) is 0 Å². The second-order valence-electron chi connectivity index (χ2n) is 3.99. The van der Waals surface area contributed by atoms with Gasteiger partial charge < -0.3 is 14.7 Å². The molecule has 1 aromatic carbocycles. The number of hydroxylamine groups is 1. The predicted octanol–water partition coefficient (Wildman–Crippen LogP) is 2.67. The largest absolute Gasteiger partial charge is 0.453 e. The molecule has 4 nitrogen and oxygen atoms in total. The second-order valence-corrected chi connectivity index (χ2v) is 4.39. The third kappa shape index (κ3) is 1.84. The maximum atomic E-state index is 8.80. The van der Waals surface area contributed by atoms with Crippen LogP contribution in [0.15, 0.2) is 6.07 Å². The van der Waals surface area contributed by atoms with Gasteiger partial charge in [-0.15, -0.1) is 0 Å². The van der Waals surface area contributed by atoms with Crippen LogP contribution in [0.5, 0.6) is 11.5 Å². The topological polar surface area (TPSA) is 50.7 Å². The molecule has 88 valence electrons. The van der Waals surface area contributed by atoms with Crippen molar-refractivity contribution in [2.24, 2.45) is 0 Å². The summed E-state index contributed by atoms with van der Waals surface area (Å²) in [5.41, 5.74) is 4.09. The Hall–Kier alpha value is -0.970. The first-order chi connectivity index (χ1) is 7.65. The van der Waals surface area contributed by atoms with Crippen LogP contribution >= 0.6 is 11.6 Å². The molecule has 1 aromatic rings. The zero-order valence-electron chi connectivity index (χ0n) is 9.21. The van der Waals surface area contributed by atoms with Crippen molar-refractivity contribution in [1.82, 2.24) is 5.48 Å². The van der Waals surface area contributed by atoms with Crippen molar-refractivity contribution in [1.29, 1.82) is 0 Å². The highest BCUT2D eigenvalue weighted by atomic mass is 35.5. The van der Waals surface area contributed by atoms with Crippen LogP contribution in [0.1, 0.15) is 30.9 Å². The Labute approximate surface area is 99.1 Å². The minimum Gasteiger partial charge on any atom is -0.453 e. The molecule has 0 aliphatic carbocycles. The van der Waals surface area contributed by atoms with E-state index < -0.39 is 0 Å². The van der Waals surface area contributed by atoms with Gasteiger partial charge in [0.15, 0.2) is 11.5 Å². The van der Waals surface area contributed by atoms with Crippen LogP contribution in [-0.4, -0.2) is 12.0 Å². The van der Waals surface area contributed by atoms with Crippen LogP contribution in [0, 0.1) is 0 Å². The lowest BCUT2D eigenvalue weighted by atomic mass is 9.95. The van der Waals surface area contributed by atoms with Crippen molar-refractivity contribution in [3.8, 4) is 11.5 Å². The molecule has 0 saturated heterocycles. The minimum atomic E-state index is 0.199. The van der Waals surface area contributed by atoms with E-state index in [0.29, 0.717) is 23.1 Å². The van der Waals surface area contributed by atoms with E-state index in [9.17, 15) is 0 Å². The molecule has 0 atom stereocenters. The van der Waals surface area contributed by atoms with E-state index in [-0.39, 0.29) is 12.7 Å². The van der Waals surface area contributed by atoms with Crippen LogP contribution < -0.4 is 15.0 Å². The highest BCUT2D eigenvalue weighted by Crippen LogP contribution is 2.46. The molecule has 0 aromatic heterocycles. The lowest BCUT2D eigenvalue weighted by Crippen LogP contribution is -2.10. The molecule has 1 heterocycles. The van der Waals surface area contributed by atoms with E-state index in [2.05, 4.69) is 19.3 Å². The van der Waals surface area contributed by atoms with Crippen molar-refractivity contribution < 1.29 is 14.7 Å².